The molecule has 8 heteroatoms. The molecule has 0 aliphatic heterocycles. The summed E-state index contributed by atoms with van der Waals surface area (Å²) in [6, 6.07) is 20.2. The number of allylic oxidation sites excluding steroid dienone is 2. The number of nitrogens with zero attached hydrogens (tertiary/aromatic N) is 3. The maximum absolute atomic E-state index is 12.3. The van der Waals surface area contributed by atoms with Crippen molar-refractivity contribution in [1.29, 1.82) is 15.8 Å². The second-order valence-electron chi connectivity index (χ2n) is 5.37. The molecule has 2 aromatic carbocycles. The van der Waals surface area contributed by atoms with Crippen molar-refractivity contribution in [3.8, 4) is 18.2 Å². The van der Waals surface area contributed by atoms with Gasteiger partial charge >= 0.3 is 0 Å². The third-order valence-electron chi connectivity index (χ3n) is 3.57. The Labute approximate surface area is 157 Å². The van der Waals surface area contributed by atoms with E-state index in [0.717, 1.165) is 5.56 Å². The number of nitrogens with one attached hydrogen (secondary N) is 2. The van der Waals surface area contributed by atoms with Crippen LogP contribution < -0.4 is 10.0 Å². The second kappa shape index (κ2) is 9.17. The fraction of sp³-hybridized carbons (Fsp3) is 0.105. The molecule has 7 nitrogen and oxygen atoms in total. The van der Waals surface area contributed by atoms with Gasteiger partial charge in [-0.15, -0.1) is 0 Å². The van der Waals surface area contributed by atoms with Crippen LogP contribution in [0, 0.1) is 34.0 Å². The first-order valence-corrected chi connectivity index (χ1v) is 9.33. The summed E-state index contributed by atoms with van der Waals surface area (Å²) < 4.78 is 27.2. The molecule has 2 aromatic rings. The van der Waals surface area contributed by atoms with Gasteiger partial charge in [-0.05, 0) is 36.2 Å². The lowest BCUT2D eigenvalue weighted by Crippen LogP contribution is -2.26. The maximum atomic E-state index is 12.3. The van der Waals surface area contributed by atoms with Gasteiger partial charge in [0.1, 0.15) is 23.9 Å². The zero-order chi connectivity index (χ0) is 19.7. The largest absolute Gasteiger partial charge is 0.345 e. The van der Waals surface area contributed by atoms with Crippen molar-refractivity contribution in [2.45, 2.75) is 11.3 Å². The molecule has 0 atom stereocenters. The van der Waals surface area contributed by atoms with Crippen molar-refractivity contribution in [1.82, 2.24) is 4.72 Å². The van der Waals surface area contributed by atoms with Gasteiger partial charge in [-0.1, -0.05) is 30.3 Å². The zero-order valence-corrected chi connectivity index (χ0v) is 15.0. The predicted octanol–water partition coefficient (Wildman–Crippen LogP) is 2.44. The van der Waals surface area contributed by atoms with Crippen LogP contribution in [0.4, 0.5) is 5.69 Å². The van der Waals surface area contributed by atoms with Gasteiger partial charge in [0.15, 0.2) is 5.57 Å². The van der Waals surface area contributed by atoms with E-state index < -0.39 is 10.0 Å². The van der Waals surface area contributed by atoms with E-state index in [1.54, 1.807) is 18.2 Å². The van der Waals surface area contributed by atoms with Gasteiger partial charge < -0.3 is 5.32 Å². The Morgan fingerprint density at radius 2 is 1.52 bits per heavy atom. The van der Waals surface area contributed by atoms with E-state index in [9.17, 15) is 8.42 Å². The third kappa shape index (κ3) is 5.42. The van der Waals surface area contributed by atoms with Gasteiger partial charge in [0, 0.05) is 12.2 Å². The molecule has 0 aliphatic rings. The smallest absolute Gasteiger partial charge is 0.240 e. The van der Waals surface area contributed by atoms with Crippen LogP contribution in [0.25, 0.3) is 0 Å². The summed E-state index contributed by atoms with van der Waals surface area (Å²) in [6.45, 7) is 0.265. The summed E-state index contributed by atoms with van der Waals surface area (Å²) in [5, 5.41) is 29.3. The van der Waals surface area contributed by atoms with Crippen molar-refractivity contribution in [2.75, 3.05) is 11.9 Å². The van der Waals surface area contributed by atoms with Crippen LogP contribution in [0.15, 0.2) is 70.8 Å². The molecular weight excluding hydrogens is 362 g/mol. The summed E-state index contributed by atoms with van der Waals surface area (Å²) >= 11 is 0. The normalized spacial score (nSPS) is 10.1. The van der Waals surface area contributed by atoms with Crippen LogP contribution in [0.3, 0.4) is 0 Å². The molecular formula is C19H15N5O2S. The lowest BCUT2D eigenvalue weighted by molar-refractivity contribution is 0.581. The summed E-state index contributed by atoms with van der Waals surface area (Å²) in [6.07, 6.45) is 0.571. The minimum Gasteiger partial charge on any atom is -0.345 e. The summed E-state index contributed by atoms with van der Waals surface area (Å²) in [7, 11) is -3.67. The quantitative estimate of drug-likeness (QED) is 0.713. The van der Waals surface area contributed by atoms with Crippen molar-refractivity contribution in [3.05, 3.63) is 71.4 Å². The molecule has 0 aliphatic carbocycles. The zero-order valence-electron chi connectivity index (χ0n) is 14.2. The first-order chi connectivity index (χ1) is 13.0. The number of sulfonamides is 1. The molecule has 0 bridgehead atoms. The van der Waals surface area contributed by atoms with E-state index in [2.05, 4.69) is 10.0 Å². The van der Waals surface area contributed by atoms with Crippen LogP contribution in [0.1, 0.15) is 5.56 Å². The van der Waals surface area contributed by atoms with E-state index >= 15 is 0 Å². The fourth-order valence-corrected chi connectivity index (χ4v) is 3.23. The lowest BCUT2D eigenvalue weighted by Gasteiger charge is -2.09. The van der Waals surface area contributed by atoms with Crippen LogP contribution in [-0.2, 0) is 16.4 Å². The number of hydrogen-bond donors (Lipinski definition) is 2. The monoisotopic (exact) mass is 377 g/mol. The van der Waals surface area contributed by atoms with E-state index in [-0.39, 0.29) is 22.7 Å². The number of anilines is 1. The lowest BCUT2D eigenvalue weighted by atomic mass is 10.2. The highest BCUT2D eigenvalue weighted by Crippen LogP contribution is 2.16. The number of benzene rings is 2. The molecule has 2 rings (SSSR count). The standard InChI is InChI=1S/C19H15N5O2S/c20-12-16(13-21)19(14-22)24-17-6-8-18(9-7-17)27(25,26)23-11-10-15-4-2-1-3-5-15/h1-9,23-24H,10-11H2. The Hall–Kier alpha value is -3.64. The molecule has 0 amide bonds. The maximum Gasteiger partial charge on any atom is 0.240 e. The number of nitriles is 3. The topological polar surface area (TPSA) is 130 Å². The first-order valence-electron chi connectivity index (χ1n) is 7.85. The van der Waals surface area contributed by atoms with E-state index in [0.29, 0.717) is 12.1 Å². The van der Waals surface area contributed by atoms with E-state index in [1.165, 1.54) is 24.3 Å². The van der Waals surface area contributed by atoms with Gasteiger partial charge in [0.05, 0.1) is 4.90 Å². The van der Waals surface area contributed by atoms with Gasteiger partial charge in [-0.25, -0.2) is 13.1 Å². The van der Waals surface area contributed by atoms with E-state index in [4.69, 9.17) is 15.8 Å². The molecule has 0 spiro atoms. The van der Waals surface area contributed by atoms with Crippen LogP contribution in [0.2, 0.25) is 0 Å². The molecule has 0 unspecified atom stereocenters. The highest BCUT2D eigenvalue weighted by molar-refractivity contribution is 7.89. The van der Waals surface area contributed by atoms with Crippen molar-refractivity contribution in [3.63, 3.8) is 0 Å². The predicted molar refractivity (Wildman–Crippen MR) is 99.3 cm³/mol. The van der Waals surface area contributed by atoms with Crippen molar-refractivity contribution in [2.24, 2.45) is 0 Å². The highest BCUT2D eigenvalue weighted by atomic mass is 32.2. The van der Waals surface area contributed by atoms with Crippen molar-refractivity contribution < 1.29 is 8.42 Å². The van der Waals surface area contributed by atoms with Gasteiger partial charge in [-0.2, -0.15) is 15.8 Å². The Morgan fingerprint density at radius 1 is 0.889 bits per heavy atom. The summed E-state index contributed by atoms with van der Waals surface area (Å²) in [4.78, 5) is 0.0735. The van der Waals surface area contributed by atoms with Crippen LogP contribution in [-0.4, -0.2) is 15.0 Å². The Morgan fingerprint density at radius 3 is 2.07 bits per heavy atom. The molecule has 0 saturated heterocycles. The van der Waals surface area contributed by atoms with Gasteiger partial charge in [0.2, 0.25) is 10.0 Å². The minimum atomic E-state index is -3.67. The average Bonchev–Trinajstić information content (AvgIpc) is 2.69. The summed E-state index contributed by atoms with van der Waals surface area (Å²) in [5.41, 5.74) is 0.868. The first kappa shape index (κ1) is 19.7. The Kier molecular flexibility index (Phi) is 6.68. The Balaban J connectivity index is 2.05. The SMILES string of the molecule is N#CC(C#N)=C(C#N)Nc1ccc(S(=O)(=O)NCCc2ccccc2)cc1. The molecule has 0 aromatic heterocycles. The molecule has 134 valence electrons. The third-order valence-corrected chi connectivity index (χ3v) is 5.04. The number of rotatable bonds is 7. The van der Waals surface area contributed by atoms with Gasteiger partial charge in [0.25, 0.3) is 0 Å². The second-order valence-corrected chi connectivity index (χ2v) is 7.14. The highest BCUT2D eigenvalue weighted by Gasteiger charge is 2.13. The molecule has 0 heterocycles. The molecule has 0 fully saturated rings. The average molecular weight is 377 g/mol. The van der Waals surface area contributed by atoms with Crippen LogP contribution >= 0.6 is 0 Å². The minimum absolute atomic E-state index is 0.0735. The molecule has 2 N–H and O–H groups in total. The van der Waals surface area contributed by atoms with E-state index in [1.807, 2.05) is 30.3 Å². The molecule has 27 heavy (non-hydrogen) atoms. The molecule has 0 saturated carbocycles. The molecule has 0 radical (unpaired) electrons. The van der Waals surface area contributed by atoms with Crippen LogP contribution in [0.5, 0.6) is 0 Å². The Bertz CT molecular complexity index is 1040. The van der Waals surface area contributed by atoms with Gasteiger partial charge in [-0.3, -0.25) is 0 Å². The van der Waals surface area contributed by atoms with Crippen molar-refractivity contribution >= 4 is 15.7 Å². The summed E-state index contributed by atoms with van der Waals surface area (Å²) in [5.74, 6) is 0. The fourth-order valence-electron chi connectivity index (χ4n) is 2.20. The number of hydrogen-bond acceptors (Lipinski definition) is 6.